The molecule has 0 unspecified atom stereocenters. The van der Waals surface area contributed by atoms with Crippen LogP contribution < -0.4 is 5.73 Å². The Labute approximate surface area is 82.7 Å². The first-order chi connectivity index (χ1) is 6.33. The zero-order valence-electron chi connectivity index (χ0n) is 7.88. The predicted octanol–water partition coefficient (Wildman–Crippen LogP) is 2.02. The van der Waals surface area contributed by atoms with Crippen molar-refractivity contribution in [2.24, 2.45) is 5.73 Å². The third-order valence-electron chi connectivity index (χ3n) is 2.53. The van der Waals surface area contributed by atoms with E-state index in [4.69, 9.17) is 10.5 Å². The predicted molar refractivity (Wildman–Crippen MR) is 55.1 cm³/mol. The zero-order valence-corrected chi connectivity index (χ0v) is 8.69. The number of nitrogens with two attached hydrogens (primary N) is 1. The van der Waals surface area contributed by atoms with E-state index in [0.29, 0.717) is 6.54 Å². The van der Waals surface area contributed by atoms with Crippen LogP contribution >= 0.6 is 11.3 Å². The van der Waals surface area contributed by atoms with E-state index in [1.165, 1.54) is 16.0 Å². The lowest BCUT2D eigenvalue weighted by Crippen LogP contribution is -2.14. The molecule has 0 radical (unpaired) electrons. The van der Waals surface area contributed by atoms with E-state index in [9.17, 15) is 0 Å². The van der Waals surface area contributed by atoms with Crippen molar-refractivity contribution in [2.75, 3.05) is 13.2 Å². The second-order valence-corrected chi connectivity index (χ2v) is 4.37. The van der Waals surface area contributed by atoms with Gasteiger partial charge >= 0.3 is 0 Å². The van der Waals surface area contributed by atoms with Crippen molar-refractivity contribution in [3.63, 3.8) is 0 Å². The third kappa shape index (κ3) is 1.64. The lowest BCUT2D eigenvalue weighted by Gasteiger charge is -2.12. The molecule has 0 fully saturated rings. The van der Waals surface area contributed by atoms with Gasteiger partial charge in [0.15, 0.2) is 0 Å². The molecule has 2 nitrogen and oxygen atoms in total. The Bertz CT molecular complexity index is 295. The van der Waals surface area contributed by atoms with Crippen LogP contribution in [0.2, 0.25) is 0 Å². The summed E-state index contributed by atoms with van der Waals surface area (Å²) >= 11 is 1.79. The van der Waals surface area contributed by atoms with Crippen molar-refractivity contribution in [3.05, 3.63) is 21.4 Å². The number of fused-ring (bicyclic) bond motifs is 1. The van der Waals surface area contributed by atoms with Crippen molar-refractivity contribution in [1.29, 1.82) is 0 Å². The fraction of sp³-hybridized carbons (Fsp3) is 0.600. The fourth-order valence-corrected chi connectivity index (χ4v) is 2.97. The number of hydrogen-bond donors (Lipinski definition) is 1. The van der Waals surface area contributed by atoms with Crippen molar-refractivity contribution < 1.29 is 4.74 Å². The van der Waals surface area contributed by atoms with Gasteiger partial charge in [0, 0.05) is 18.0 Å². The molecule has 2 N–H and O–H groups in total. The monoisotopic (exact) mass is 197 g/mol. The molecule has 1 atom stereocenters. The van der Waals surface area contributed by atoms with E-state index in [0.717, 1.165) is 19.4 Å². The number of ether oxygens (including phenoxy) is 1. The third-order valence-corrected chi connectivity index (χ3v) is 3.77. The van der Waals surface area contributed by atoms with Crippen LogP contribution in [0.4, 0.5) is 0 Å². The lowest BCUT2D eigenvalue weighted by atomic mass is 10.1. The Balaban J connectivity index is 2.36. The maximum atomic E-state index is 5.68. The van der Waals surface area contributed by atoms with Crippen LogP contribution in [-0.4, -0.2) is 13.2 Å². The van der Waals surface area contributed by atoms with Gasteiger partial charge in [-0.05, 0) is 36.3 Å². The number of thiophene rings is 1. The van der Waals surface area contributed by atoms with Crippen molar-refractivity contribution in [1.82, 2.24) is 0 Å². The molecule has 1 aromatic heterocycles. The summed E-state index contributed by atoms with van der Waals surface area (Å²) in [5, 5.41) is 2.21. The van der Waals surface area contributed by atoms with Gasteiger partial charge in [-0.25, -0.2) is 0 Å². The van der Waals surface area contributed by atoms with Crippen LogP contribution in [0.5, 0.6) is 0 Å². The van der Waals surface area contributed by atoms with E-state index in [1.807, 2.05) is 0 Å². The van der Waals surface area contributed by atoms with Gasteiger partial charge in [0.25, 0.3) is 0 Å². The normalized spacial score (nSPS) is 22.5. The number of rotatable bonds is 1. The average molecular weight is 197 g/mol. The number of aryl methyl sites for hydroxylation is 1. The zero-order chi connectivity index (χ0) is 9.26. The smallest absolute Gasteiger partial charge is 0.104 e. The molecular weight excluding hydrogens is 182 g/mol. The molecule has 3 heteroatoms. The number of hydrogen-bond acceptors (Lipinski definition) is 3. The molecule has 72 valence electrons. The van der Waals surface area contributed by atoms with Crippen LogP contribution in [0.15, 0.2) is 5.38 Å². The van der Waals surface area contributed by atoms with Gasteiger partial charge in [0.2, 0.25) is 0 Å². The topological polar surface area (TPSA) is 35.2 Å². The standard InChI is InChI=1S/C10H15NOS/c1-7-6-13-10-8(7)3-2-4-12-9(10)5-11/h6,9H,2-5,11H2,1H3/t9-/m1/s1. The summed E-state index contributed by atoms with van der Waals surface area (Å²) in [5.74, 6) is 0. The highest BCUT2D eigenvalue weighted by molar-refractivity contribution is 7.10. The Morgan fingerprint density at radius 2 is 2.54 bits per heavy atom. The van der Waals surface area contributed by atoms with Gasteiger partial charge in [-0.1, -0.05) is 0 Å². The van der Waals surface area contributed by atoms with Gasteiger partial charge in [0.1, 0.15) is 6.10 Å². The maximum Gasteiger partial charge on any atom is 0.104 e. The summed E-state index contributed by atoms with van der Waals surface area (Å²) in [6.45, 7) is 3.63. The average Bonchev–Trinajstić information content (AvgIpc) is 2.39. The first-order valence-electron chi connectivity index (χ1n) is 4.71. The molecule has 0 saturated carbocycles. The van der Waals surface area contributed by atoms with Gasteiger partial charge in [-0.2, -0.15) is 0 Å². The second-order valence-electron chi connectivity index (χ2n) is 3.46. The molecule has 1 aliphatic heterocycles. The summed E-state index contributed by atoms with van der Waals surface area (Å²) in [5.41, 5.74) is 8.57. The van der Waals surface area contributed by atoms with Crippen molar-refractivity contribution in [2.45, 2.75) is 25.9 Å². The molecule has 1 aromatic rings. The van der Waals surface area contributed by atoms with Gasteiger partial charge in [-0.15, -0.1) is 11.3 Å². The molecule has 0 bridgehead atoms. The van der Waals surface area contributed by atoms with Crippen LogP contribution in [0.1, 0.15) is 28.5 Å². The summed E-state index contributed by atoms with van der Waals surface area (Å²) < 4.78 is 5.68. The second kappa shape index (κ2) is 3.78. The van der Waals surface area contributed by atoms with Gasteiger partial charge in [-0.3, -0.25) is 0 Å². The summed E-state index contributed by atoms with van der Waals surface area (Å²) in [6, 6.07) is 0. The molecule has 1 aliphatic rings. The Morgan fingerprint density at radius 1 is 1.69 bits per heavy atom. The van der Waals surface area contributed by atoms with E-state index in [2.05, 4.69) is 12.3 Å². The minimum atomic E-state index is 0.149. The molecule has 2 rings (SSSR count). The first-order valence-corrected chi connectivity index (χ1v) is 5.59. The largest absolute Gasteiger partial charge is 0.371 e. The first kappa shape index (κ1) is 9.19. The summed E-state index contributed by atoms with van der Waals surface area (Å²) in [4.78, 5) is 1.36. The van der Waals surface area contributed by atoms with E-state index in [1.54, 1.807) is 11.3 Å². The minimum Gasteiger partial charge on any atom is -0.371 e. The van der Waals surface area contributed by atoms with Gasteiger partial charge in [0.05, 0.1) is 0 Å². The Kier molecular flexibility index (Phi) is 2.67. The highest BCUT2D eigenvalue weighted by Gasteiger charge is 2.20. The van der Waals surface area contributed by atoms with Crippen LogP contribution in [-0.2, 0) is 11.2 Å². The SMILES string of the molecule is Cc1csc2c1CCCO[C@@H]2CN. The molecule has 0 aliphatic carbocycles. The quantitative estimate of drug-likeness (QED) is 0.747. The van der Waals surface area contributed by atoms with Gasteiger partial charge < -0.3 is 10.5 Å². The van der Waals surface area contributed by atoms with Crippen LogP contribution in [0, 0.1) is 6.92 Å². The molecule has 0 spiro atoms. The molecule has 2 heterocycles. The molecular formula is C10H15NOS. The Morgan fingerprint density at radius 3 is 3.31 bits per heavy atom. The van der Waals surface area contributed by atoms with Crippen LogP contribution in [0.25, 0.3) is 0 Å². The Hall–Kier alpha value is -0.380. The highest BCUT2D eigenvalue weighted by atomic mass is 32.1. The van der Waals surface area contributed by atoms with E-state index < -0.39 is 0 Å². The fourth-order valence-electron chi connectivity index (χ4n) is 1.80. The summed E-state index contributed by atoms with van der Waals surface area (Å²) in [6.07, 6.45) is 2.43. The van der Waals surface area contributed by atoms with Crippen LogP contribution in [0.3, 0.4) is 0 Å². The molecule has 13 heavy (non-hydrogen) atoms. The molecule has 0 aromatic carbocycles. The maximum absolute atomic E-state index is 5.68. The summed E-state index contributed by atoms with van der Waals surface area (Å²) in [7, 11) is 0. The molecule has 0 amide bonds. The minimum absolute atomic E-state index is 0.149. The van der Waals surface area contributed by atoms with Crippen molar-refractivity contribution >= 4 is 11.3 Å². The molecule has 0 saturated heterocycles. The van der Waals surface area contributed by atoms with Crippen molar-refractivity contribution in [3.8, 4) is 0 Å². The van der Waals surface area contributed by atoms with E-state index in [-0.39, 0.29) is 6.10 Å². The van der Waals surface area contributed by atoms with E-state index >= 15 is 0 Å². The lowest BCUT2D eigenvalue weighted by molar-refractivity contribution is 0.0648. The highest BCUT2D eigenvalue weighted by Crippen LogP contribution is 2.33.